The molecule has 2 aromatic heterocycles. The van der Waals surface area contributed by atoms with Crippen molar-refractivity contribution in [2.45, 2.75) is 69.6 Å². The van der Waals surface area contributed by atoms with E-state index in [0.717, 1.165) is 36.6 Å². The maximum Gasteiger partial charge on any atom is 0.418 e. The van der Waals surface area contributed by atoms with Crippen LogP contribution in [0.5, 0.6) is 6.01 Å². The number of anilines is 2. The van der Waals surface area contributed by atoms with Gasteiger partial charge < -0.3 is 20.1 Å². The smallest absolute Gasteiger partial charge is 0.418 e. The Balaban J connectivity index is 1.26. The van der Waals surface area contributed by atoms with Crippen molar-refractivity contribution in [2.24, 2.45) is 5.92 Å². The largest absolute Gasteiger partial charge is 0.461 e. The van der Waals surface area contributed by atoms with E-state index >= 15 is 0 Å². The first-order valence-electron chi connectivity index (χ1n) is 17.1. The average molecular weight is 788 g/mol. The van der Waals surface area contributed by atoms with Crippen molar-refractivity contribution in [3.8, 4) is 6.01 Å². The number of hydrogen-bond acceptors (Lipinski definition) is 10. The van der Waals surface area contributed by atoms with Gasteiger partial charge in [0, 0.05) is 44.4 Å². The van der Waals surface area contributed by atoms with Gasteiger partial charge in [0.25, 0.3) is 12.0 Å². The third-order valence-corrected chi connectivity index (χ3v) is 11.2. The molecule has 0 aliphatic carbocycles. The number of benzene rings is 1. The molecule has 1 unspecified atom stereocenters. The lowest BCUT2D eigenvalue weighted by atomic mass is 9.91. The molecule has 53 heavy (non-hydrogen) atoms. The standard InChI is InChI=1S/C34H37Cl2F5N8O4/c1-46(51-2)31(50)29-28(36)24-15-47(6-4-8-49(24)45-29)30-21-16-52-25(20-10-19(42)11-22(35)27(20)34(39,40)41)12-23(21)43-32(44-30)53-17-33-5-3-7-48(33)14-18(13-33)9-26(37)38/h9-11,18,25H,3-8,12-17,42H2,1-2H3/t18-,25?,33+/m0/s1. The molecule has 0 bridgehead atoms. The van der Waals surface area contributed by atoms with Crippen LogP contribution in [0, 0.1) is 5.92 Å². The Morgan fingerprint density at radius 1 is 1.19 bits per heavy atom. The lowest BCUT2D eigenvalue weighted by molar-refractivity contribution is -0.139. The molecule has 3 aromatic rings. The summed E-state index contributed by atoms with van der Waals surface area (Å²) >= 11 is 12.8. The second-order valence-corrected chi connectivity index (χ2v) is 14.6. The van der Waals surface area contributed by atoms with Crippen LogP contribution < -0.4 is 15.4 Å². The van der Waals surface area contributed by atoms with E-state index in [1.807, 2.05) is 4.90 Å². The minimum absolute atomic E-state index is 0.0145. The Morgan fingerprint density at radius 2 is 1.98 bits per heavy atom. The molecule has 6 heterocycles. The Bertz CT molecular complexity index is 1940. The molecule has 1 amide bonds. The van der Waals surface area contributed by atoms with Crippen LogP contribution in [-0.2, 0) is 41.9 Å². The van der Waals surface area contributed by atoms with Crippen LogP contribution in [0.25, 0.3) is 0 Å². The summed E-state index contributed by atoms with van der Waals surface area (Å²) in [7, 11) is 2.79. The summed E-state index contributed by atoms with van der Waals surface area (Å²) in [6.07, 6.45) is -4.03. The number of carbonyl (C=O) groups excluding carboxylic acids is 1. The number of aryl methyl sites for hydroxylation is 1. The molecule has 2 fully saturated rings. The zero-order valence-corrected chi connectivity index (χ0v) is 30.4. The van der Waals surface area contributed by atoms with Gasteiger partial charge in [0.15, 0.2) is 5.69 Å². The van der Waals surface area contributed by atoms with Crippen molar-refractivity contribution in [3.63, 3.8) is 0 Å². The van der Waals surface area contributed by atoms with Crippen LogP contribution in [0.3, 0.4) is 0 Å². The van der Waals surface area contributed by atoms with Gasteiger partial charge in [-0.3, -0.25) is 19.2 Å². The van der Waals surface area contributed by atoms with Crippen LogP contribution in [0.4, 0.5) is 33.5 Å². The second-order valence-electron chi connectivity index (χ2n) is 13.8. The van der Waals surface area contributed by atoms with Gasteiger partial charge in [-0.15, -0.1) is 0 Å². The van der Waals surface area contributed by atoms with Gasteiger partial charge in [0.1, 0.15) is 12.4 Å². The van der Waals surface area contributed by atoms with E-state index in [9.17, 15) is 26.7 Å². The van der Waals surface area contributed by atoms with E-state index in [-0.39, 0.29) is 60.1 Å². The third kappa shape index (κ3) is 7.25. The Hall–Kier alpha value is -3.77. The minimum Gasteiger partial charge on any atom is -0.461 e. The third-order valence-electron chi connectivity index (χ3n) is 10.5. The number of amides is 1. The highest BCUT2D eigenvalue weighted by atomic mass is 35.5. The SMILES string of the molecule is CON(C)C(=O)c1nn2c(c1Cl)CN(c1nc(OC[C@]34CCCN3C[C@@H](C=C(F)F)C4)nc3c1COC(c1cc(N)cc(Cl)c1C(F)(F)F)C3)CCC2. The van der Waals surface area contributed by atoms with Gasteiger partial charge in [-0.05, 0) is 61.9 Å². The van der Waals surface area contributed by atoms with E-state index in [1.54, 1.807) is 4.68 Å². The highest BCUT2D eigenvalue weighted by Crippen LogP contribution is 2.46. The number of halogens is 7. The number of nitrogens with two attached hydrogens (primary N) is 1. The number of ether oxygens (including phenoxy) is 2. The van der Waals surface area contributed by atoms with Crippen LogP contribution >= 0.6 is 23.2 Å². The molecule has 0 saturated carbocycles. The van der Waals surface area contributed by atoms with Crippen LogP contribution in [-0.4, -0.2) is 81.6 Å². The minimum atomic E-state index is -4.78. The highest BCUT2D eigenvalue weighted by Gasteiger charge is 2.49. The Morgan fingerprint density at radius 3 is 2.72 bits per heavy atom. The van der Waals surface area contributed by atoms with E-state index < -0.39 is 40.4 Å². The van der Waals surface area contributed by atoms with Gasteiger partial charge in [0.05, 0.1) is 58.9 Å². The van der Waals surface area contributed by atoms with Crippen LogP contribution in [0.1, 0.15) is 70.4 Å². The van der Waals surface area contributed by atoms with Gasteiger partial charge in [-0.2, -0.15) is 37.0 Å². The maximum absolute atomic E-state index is 14.3. The summed E-state index contributed by atoms with van der Waals surface area (Å²) in [5, 5.41) is 5.09. The molecule has 12 nitrogen and oxygen atoms in total. The molecule has 2 saturated heterocycles. The summed E-state index contributed by atoms with van der Waals surface area (Å²) < 4.78 is 83.4. The fourth-order valence-corrected chi connectivity index (χ4v) is 8.67. The van der Waals surface area contributed by atoms with Crippen LogP contribution in [0.2, 0.25) is 10.0 Å². The van der Waals surface area contributed by atoms with E-state index in [2.05, 4.69) is 10.00 Å². The van der Waals surface area contributed by atoms with Crippen molar-refractivity contribution in [2.75, 3.05) is 51.0 Å². The zero-order chi connectivity index (χ0) is 37.8. The summed E-state index contributed by atoms with van der Waals surface area (Å²) in [6.45, 7) is 2.29. The number of hydrogen-bond donors (Lipinski definition) is 1. The van der Waals surface area contributed by atoms with Gasteiger partial charge >= 0.3 is 12.2 Å². The van der Waals surface area contributed by atoms with Crippen molar-refractivity contribution >= 4 is 40.6 Å². The number of fused-ring (bicyclic) bond motifs is 3. The predicted octanol–water partition coefficient (Wildman–Crippen LogP) is 6.45. The first kappa shape index (κ1) is 37.5. The van der Waals surface area contributed by atoms with Crippen molar-refractivity contribution in [1.82, 2.24) is 29.7 Å². The second kappa shape index (κ2) is 14.5. The fourth-order valence-electron chi connectivity index (χ4n) is 8.05. The highest BCUT2D eigenvalue weighted by molar-refractivity contribution is 6.34. The average Bonchev–Trinajstić information content (AvgIpc) is 3.68. The summed E-state index contributed by atoms with van der Waals surface area (Å²) in [5.74, 6) is -0.439. The molecule has 0 radical (unpaired) electrons. The van der Waals surface area contributed by atoms with Gasteiger partial charge in [-0.25, -0.2) is 5.06 Å². The normalized spacial score (nSPS) is 22.9. The number of hydroxylamine groups is 2. The quantitative estimate of drug-likeness (QED) is 0.155. The summed E-state index contributed by atoms with van der Waals surface area (Å²) in [6, 6.07) is 2.25. The van der Waals surface area contributed by atoms with Crippen molar-refractivity contribution < 1.29 is 41.1 Å². The van der Waals surface area contributed by atoms with E-state index in [1.165, 1.54) is 20.2 Å². The fraction of sp³-hybridized carbons (Fsp3) is 0.529. The topological polar surface area (TPSA) is 124 Å². The Kier molecular flexibility index (Phi) is 10.2. The lowest BCUT2D eigenvalue weighted by Gasteiger charge is -2.33. The number of aromatic nitrogens is 4. The molecule has 4 aliphatic rings. The molecular formula is C34H37Cl2F5N8O4. The summed E-state index contributed by atoms with van der Waals surface area (Å²) in [5.41, 5.74) is 5.76. The molecule has 0 spiro atoms. The molecule has 286 valence electrons. The van der Waals surface area contributed by atoms with E-state index in [0.29, 0.717) is 55.2 Å². The number of alkyl halides is 3. The van der Waals surface area contributed by atoms with Crippen molar-refractivity contribution in [3.05, 3.63) is 68.1 Å². The van der Waals surface area contributed by atoms with Crippen LogP contribution in [0.15, 0.2) is 24.3 Å². The molecule has 4 aliphatic heterocycles. The molecular weight excluding hydrogens is 750 g/mol. The molecule has 7 rings (SSSR count). The van der Waals surface area contributed by atoms with Crippen molar-refractivity contribution in [1.29, 1.82) is 0 Å². The first-order chi connectivity index (χ1) is 25.2. The zero-order valence-electron chi connectivity index (χ0n) is 28.9. The lowest BCUT2D eigenvalue weighted by Crippen LogP contribution is -2.43. The Labute approximate surface area is 311 Å². The molecule has 1 aromatic carbocycles. The number of nitrogens with zero attached hydrogens (tertiary/aromatic N) is 7. The van der Waals surface area contributed by atoms with E-state index in [4.69, 9.17) is 53.2 Å². The summed E-state index contributed by atoms with van der Waals surface area (Å²) in [4.78, 5) is 31.6. The number of nitrogen functional groups attached to an aromatic ring is 1. The first-order valence-corrected chi connectivity index (χ1v) is 17.8. The molecule has 3 atom stereocenters. The number of rotatable bonds is 8. The maximum atomic E-state index is 14.3. The monoisotopic (exact) mass is 786 g/mol. The van der Waals surface area contributed by atoms with Gasteiger partial charge in [-0.1, -0.05) is 23.2 Å². The number of carbonyl (C=O) groups is 1. The molecule has 19 heteroatoms. The molecule has 2 N–H and O–H groups in total. The van der Waals surface area contributed by atoms with Gasteiger partial charge in [0.2, 0.25) is 0 Å². The predicted molar refractivity (Wildman–Crippen MR) is 184 cm³/mol.